The van der Waals surface area contributed by atoms with Gasteiger partial charge in [0, 0.05) is 0 Å². The number of unbranched alkanes of at least 4 members (excludes halogenated alkanes) is 7. The van der Waals surface area contributed by atoms with Crippen molar-refractivity contribution in [3.63, 3.8) is 0 Å². The molecule has 0 amide bonds. The summed E-state index contributed by atoms with van der Waals surface area (Å²) in [5.41, 5.74) is 0. The smallest absolute Gasteiger partial charge is 0.0386 e. The second kappa shape index (κ2) is 13.2. The molecular weight excluding hydrogens is 300 g/mol. The van der Waals surface area contributed by atoms with Gasteiger partial charge in [-0.2, -0.15) is 0 Å². The molecule has 0 spiro atoms. The quantitative estimate of drug-likeness (QED) is 0.309. The number of hydrogen-bond acceptors (Lipinski definition) is 0. The molecule has 148 valence electrons. The molecule has 0 unspecified atom stereocenters. The minimum atomic E-state index is 1.09. The molecule has 0 radical (unpaired) electrons. The van der Waals surface area contributed by atoms with E-state index in [0.29, 0.717) is 0 Å². The highest BCUT2D eigenvalue weighted by Gasteiger charge is 2.30. The highest BCUT2D eigenvalue weighted by atomic mass is 14.4. The zero-order valence-electron chi connectivity index (χ0n) is 17.7. The maximum atomic E-state index is 2.33. The molecule has 2 aliphatic rings. The van der Waals surface area contributed by atoms with Crippen molar-refractivity contribution in [2.75, 3.05) is 0 Å². The van der Waals surface area contributed by atoms with Crippen LogP contribution in [0.5, 0.6) is 0 Å². The molecule has 2 rings (SSSR count). The van der Waals surface area contributed by atoms with Crippen LogP contribution in [0, 0.1) is 23.7 Å². The van der Waals surface area contributed by atoms with E-state index in [-0.39, 0.29) is 0 Å². The predicted molar refractivity (Wildman–Crippen MR) is 113 cm³/mol. The summed E-state index contributed by atoms with van der Waals surface area (Å²) in [6, 6.07) is 0. The summed E-state index contributed by atoms with van der Waals surface area (Å²) in [5.74, 6) is 4.40. The Balaban J connectivity index is 1.51. The normalized spacial score (nSPS) is 30.5. The van der Waals surface area contributed by atoms with Crippen molar-refractivity contribution in [1.82, 2.24) is 0 Å². The van der Waals surface area contributed by atoms with Crippen molar-refractivity contribution >= 4 is 0 Å². The Morgan fingerprint density at radius 1 is 0.440 bits per heavy atom. The lowest BCUT2D eigenvalue weighted by Gasteiger charge is -2.38. The van der Waals surface area contributed by atoms with Crippen molar-refractivity contribution in [2.45, 2.75) is 136 Å². The van der Waals surface area contributed by atoms with Crippen molar-refractivity contribution in [1.29, 1.82) is 0 Å². The van der Waals surface area contributed by atoms with Gasteiger partial charge in [-0.1, -0.05) is 110 Å². The first-order valence-corrected chi connectivity index (χ1v) is 12.3. The standard InChI is InChI=1S/C25H48/c1-3-5-7-8-9-11-13-23-16-20-25(21-17-23)24-18-14-22(15-19-24)12-10-6-4-2/h22-25H,3-21H2,1-2H3/t22-,23?,24-,25?. The third kappa shape index (κ3) is 8.49. The fourth-order valence-electron chi connectivity index (χ4n) is 5.79. The molecule has 2 aliphatic carbocycles. The topological polar surface area (TPSA) is 0 Å². The highest BCUT2D eigenvalue weighted by molar-refractivity contribution is 4.82. The molecule has 0 N–H and O–H groups in total. The molecule has 0 aromatic heterocycles. The Kier molecular flexibility index (Phi) is 11.3. The largest absolute Gasteiger partial charge is 0.0654 e. The molecule has 0 nitrogen and oxygen atoms in total. The lowest BCUT2D eigenvalue weighted by atomic mass is 9.68. The number of hydrogen-bond donors (Lipinski definition) is 0. The zero-order valence-corrected chi connectivity index (χ0v) is 17.7. The van der Waals surface area contributed by atoms with Crippen LogP contribution >= 0.6 is 0 Å². The van der Waals surface area contributed by atoms with E-state index >= 15 is 0 Å². The lowest BCUT2D eigenvalue weighted by Crippen LogP contribution is -2.25. The summed E-state index contributed by atoms with van der Waals surface area (Å²) in [6.45, 7) is 4.65. The van der Waals surface area contributed by atoms with Gasteiger partial charge in [0.2, 0.25) is 0 Å². The van der Waals surface area contributed by atoms with Gasteiger partial charge in [0.25, 0.3) is 0 Å². The van der Waals surface area contributed by atoms with Crippen LogP contribution in [-0.4, -0.2) is 0 Å². The average molecular weight is 349 g/mol. The second-order valence-corrected chi connectivity index (χ2v) is 9.61. The van der Waals surface area contributed by atoms with Crippen LogP contribution in [0.1, 0.15) is 136 Å². The summed E-state index contributed by atoms with van der Waals surface area (Å²) in [5, 5.41) is 0. The lowest BCUT2D eigenvalue weighted by molar-refractivity contribution is 0.139. The van der Waals surface area contributed by atoms with Crippen LogP contribution in [0.25, 0.3) is 0 Å². The molecule has 0 heterocycles. The Morgan fingerprint density at radius 2 is 0.800 bits per heavy atom. The molecule has 0 heteroatoms. The van der Waals surface area contributed by atoms with Crippen LogP contribution in [-0.2, 0) is 0 Å². The van der Waals surface area contributed by atoms with Gasteiger partial charge in [-0.3, -0.25) is 0 Å². The SMILES string of the molecule is CCCCCCCCC1CCC([C@H]2CC[C@H](CCCCC)CC2)CC1. The second-order valence-electron chi connectivity index (χ2n) is 9.61. The Morgan fingerprint density at radius 3 is 1.28 bits per heavy atom. The van der Waals surface area contributed by atoms with E-state index in [9.17, 15) is 0 Å². The molecule has 2 fully saturated rings. The molecule has 0 atom stereocenters. The summed E-state index contributed by atoms with van der Waals surface area (Å²) in [7, 11) is 0. The van der Waals surface area contributed by atoms with E-state index in [1.165, 1.54) is 64.2 Å². The first kappa shape index (κ1) is 21.3. The van der Waals surface area contributed by atoms with Gasteiger partial charge in [0.1, 0.15) is 0 Å². The molecule has 0 saturated heterocycles. The Hall–Kier alpha value is 0. The van der Waals surface area contributed by atoms with E-state index in [4.69, 9.17) is 0 Å². The minimum absolute atomic E-state index is 1.09. The van der Waals surface area contributed by atoms with Crippen LogP contribution in [0.4, 0.5) is 0 Å². The van der Waals surface area contributed by atoms with Gasteiger partial charge in [-0.15, -0.1) is 0 Å². The van der Waals surface area contributed by atoms with Gasteiger partial charge < -0.3 is 0 Å². The molecule has 0 aromatic carbocycles. The van der Waals surface area contributed by atoms with Crippen LogP contribution in [0.2, 0.25) is 0 Å². The van der Waals surface area contributed by atoms with E-state index in [2.05, 4.69) is 13.8 Å². The van der Waals surface area contributed by atoms with Crippen LogP contribution in [0.3, 0.4) is 0 Å². The summed E-state index contributed by atoms with van der Waals surface area (Å²) >= 11 is 0. The van der Waals surface area contributed by atoms with E-state index in [1.807, 2.05) is 0 Å². The first-order valence-electron chi connectivity index (χ1n) is 12.3. The van der Waals surface area contributed by atoms with Crippen molar-refractivity contribution in [3.05, 3.63) is 0 Å². The predicted octanol–water partition coefficient (Wildman–Crippen LogP) is 8.93. The van der Waals surface area contributed by atoms with Crippen molar-refractivity contribution < 1.29 is 0 Å². The number of rotatable bonds is 12. The van der Waals surface area contributed by atoms with Gasteiger partial charge in [0.15, 0.2) is 0 Å². The Bertz CT molecular complexity index is 291. The molecule has 2 saturated carbocycles. The summed E-state index contributed by atoms with van der Waals surface area (Å²) in [6.07, 6.45) is 28.8. The van der Waals surface area contributed by atoms with Crippen LogP contribution < -0.4 is 0 Å². The third-order valence-electron chi connectivity index (χ3n) is 7.63. The zero-order chi connectivity index (χ0) is 17.7. The molecule has 0 aromatic rings. The van der Waals surface area contributed by atoms with Crippen molar-refractivity contribution in [3.8, 4) is 0 Å². The van der Waals surface area contributed by atoms with Gasteiger partial charge in [-0.25, -0.2) is 0 Å². The Labute approximate surface area is 159 Å². The minimum Gasteiger partial charge on any atom is -0.0654 e. The average Bonchev–Trinajstić information content (AvgIpc) is 2.66. The molecule has 0 aliphatic heterocycles. The van der Waals surface area contributed by atoms with Gasteiger partial charge in [-0.05, 0) is 49.4 Å². The summed E-state index contributed by atoms with van der Waals surface area (Å²) in [4.78, 5) is 0. The maximum Gasteiger partial charge on any atom is -0.0386 e. The van der Waals surface area contributed by atoms with Crippen molar-refractivity contribution in [2.24, 2.45) is 23.7 Å². The van der Waals surface area contributed by atoms with E-state index < -0.39 is 0 Å². The van der Waals surface area contributed by atoms with Gasteiger partial charge in [0.05, 0.1) is 0 Å². The van der Waals surface area contributed by atoms with Crippen LogP contribution in [0.15, 0.2) is 0 Å². The van der Waals surface area contributed by atoms with E-state index in [1.54, 1.807) is 57.8 Å². The molecular formula is C25H48. The molecule has 0 bridgehead atoms. The van der Waals surface area contributed by atoms with Gasteiger partial charge >= 0.3 is 0 Å². The van der Waals surface area contributed by atoms with E-state index in [0.717, 1.165) is 23.7 Å². The fourth-order valence-corrected chi connectivity index (χ4v) is 5.79. The third-order valence-corrected chi connectivity index (χ3v) is 7.63. The summed E-state index contributed by atoms with van der Waals surface area (Å²) < 4.78 is 0. The monoisotopic (exact) mass is 348 g/mol. The molecule has 25 heavy (non-hydrogen) atoms. The fraction of sp³-hybridized carbons (Fsp3) is 1.00. The highest BCUT2D eigenvalue weighted by Crippen LogP contribution is 2.43. The first-order chi connectivity index (χ1) is 12.3. The maximum absolute atomic E-state index is 2.33.